The lowest BCUT2D eigenvalue weighted by Gasteiger charge is -2.46. The highest BCUT2D eigenvalue weighted by atomic mass is 35.5. The molecule has 0 unspecified atom stereocenters. The van der Waals surface area contributed by atoms with Gasteiger partial charge < -0.3 is 14.8 Å². The first-order chi connectivity index (χ1) is 17.2. The lowest BCUT2D eigenvalue weighted by atomic mass is 9.72. The van der Waals surface area contributed by atoms with Gasteiger partial charge in [-0.05, 0) is 49.3 Å². The van der Waals surface area contributed by atoms with Gasteiger partial charge in [-0.3, -0.25) is 14.5 Å². The fourth-order valence-electron chi connectivity index (χ4n) is 6.30. The number of aromatic nitrogens is 1. The van der Waals surface area contributed by atoms with Gasteiger partial charge in [0.05, 0.1) is 10.4 Å². The number of likely N-dealkylation sites (tertiary alicyclic amines) is 1. The van der Waals surface area contributed by atoms with E-state index in [1.165, 1.54) is 4.90 Å². The van der Waals surface area contributed by atoms with Gasteiger partial charge in [0.25, 0.3) is 5.56 Å². The molecule has 1 aromatic heterocycles. The van der Waals surface area contributed by atoms with Crippen molar-refractivity contribution in [2.75, 3.05) is 44.2 Å². The summed E-state index contributed by atoms with van der Waals surface area (Å²) in [5, 5.41) is 1.72. The van der Waals surface area contributed by atoms with Crippen molar-refractivity contribution < 1.29 is 18.0 Å². The zero-order valence-corrected chi connectivity index (χ0v) is 21.0. The molecule has 5 rings (SSSR count). The second kappa shape index (κ2) is 9.89. The highest BCUT2D eigenvalue weighted by Crippen LogP contribution is 2.50. The molecule has 2 saturated heterocycles. The molecule has 10 heteroatoms. The number of hydrogen-bond donors (Lipinski definition) is 1. The summed E-state index contributed by atoms with van der Waals surface area (Å²) in [5.74, 6) is -0.704. The third-order valence-electron chi connectivity index (χ3n) is 8.42. The van der Waals surface area contributed by atoms with Gasteiger partial charge in [0.1, 0.15) is 5.41 Å². The maximum absolute atomic E-state index is 14.0. The lowest BCUT2D eigenvalue weighted by molar-refractivity contribution is -0.236. The summed E-state index contributed by atoms with van der Waals surface area (Å²) in [7, 11) is 0. The number of benzene rings is 1. The summed E-state index contributed by atoms with van der Waals surface area (Å²) in [6.45, 7) is 4.02. The van der Waals surface area contributed by atoms with E-state index in [-0.39, 0.29) is 24.4 Å². The molecular weight excluding hydrogens is 493 g/mol. The third kappa shape index (κ3) is 4.60. The number of alkyl halides is 3. The number of carbonyl (C=O) groups excluding carboxylic acids is 1. The van der Waals surface area contributed by atoms with Gasteiger partial charge in [-0.25, -0.2) is 0 Å². The molecule has 36 heavy (non-hydrogen) atoms. The maximum atomic E-state index is 14.0. The van der Waals surface area contributed by atoms with E-state index in [0.29, 0.717) is 49.2 Å². The minimum Gasteiger partial charge on any atom is -0.369 e. The third-order valence-corrected chi connectivity index (χ3v) is 8.71. The van der Waals surface area contributed by atoms with Crippen LogP contribution in [0.1, 0.15) is 44.9 Å². The lowest BCUT2D eigenvalue weighted by Crippen LogP contribution is -2.57. The number of nitrogens with one attached hydrogen (secondary N) is 1. The molecule has 1 saturated carbocycles. The van der Waals surface area contributed by atoms with Crippen LogP contribution in [0.5, 0.6) is 0 Å². The standard InChI is InChI=1S/C26H32ClF3N4O2/c27-21-17-20(16-18-4-9-31-23(35)22(18)21)33-14-12-32(13-15-33)19-5-10-34(11-6-19)24(36)25(26(28,29)30)7-2-1-3-8-25/h4,9,16-17,19H,1-3,5-8,10-15H2,(H,31,35). The minimum atomic E-state index is -4.49. The summed E-state index contributed by atoms with van der Waals surface area (Å²) in [6, 6.07) is 5.93. The molecule has 0 atom stereocenters. The number of rotatable bonds is 3. The highest BCUT2D eigenvalue weighted by molar-refractivity contribution is 6.35. The Balaban J connectivity index is 1.18. The molecule has 0 radical (unpaired) electrons. The molecule has 6 nitrogen and oxygen atoms in total. The number of piperazine rings is 1. The van der Waals surface area contributed by atoms with Gasteiger partial charge >= 0.3 is 6.18 Å². The van der Waals surface area contributed by atoms with Crippen LogP contribution in [-0.2, 0) is 4.79 Å². The number of carbonyl (C=O) groups is 1. The normalized spacial score (nSPS) is 22.2. The van der Waals surface area contributed by atoms with E-state index in [9.17, 15) is 22.8 Å². The average Bonchev–Trinajstić information content (AvgIpc) is 2.88. The predicted molar refractivity (Wildman–Crippen MR) is 135 cm³/mol. The van der Waals surface area contributed by atoms with E-state index in [4.69, 9.17) is 11.6 Å². The Bertz CT molecular complexity index is 1160. The Kier molecular flexibility index (Phi) is 6.98. The molecular formula is C26H32ClF3N4O2. The molecule has 1 aromatic carbocycles. The molecule has 1 aliphatic carbocycles. The second-order valence-electron chi connectivity index (χ2n) is 10.4. The van der Waals surface area contributed by atoms with Crippen LogP contribution in [0.3, 0.4) is 0 Å². The van der Waals surface area contributed by atoms with Crippen molar-refractivity contribution in [3.8, 4) is 0 Å². The first-order valence-corrected chi connectivity index (χ1v) is 13.2. The fraction of sp³-hybridized carbons (Fsp3) is 0.615. The highest BCUT2D eigenvalue weighted by Gasteiger charge is 2.61. The summed E-state index contributed by atoms with van der Waals surface area (Å²) in [5.41, 5.74) is -1.41. The Labute approximate surface area is 213 Å². The van der Waals surface area contributed by atoms with Gasteiger partial charge in [0.15, 0.2) is 0 Å². The van der Waals surface area contributed by atoms with Crippen molar-refractivity contribution in [3.63, 3.8) is 0 Å². The Morgan fingerprint density at radius 3 is 2.31 bits per heavy atom. The van der Waals surface area contributed by atoms with Crippen LogP contribution in [0.2, 0.25) is 5.02 Å². The Hall–Kier alpha value is -2.26. The van der Waals surface area contributed by atoms with Crippen molar-refractivity contribution in [3.05, 3.63) is 39.8 Å². The van der Waals surface area contributed by atoms with Gasteiger partial charge in [0.2, 0.25) is 5.91 Å². The topological polar surface area (TPSA) is 59.7 Å². The van der Waals surface area contributed by atoms with Crippen molar-refractivity contribution in [1.82, 2.24) is 14.8 Å². The van der Waals surface area contributed by atoms with E-state index in [1.807, 2.05) is 18.2 Å². The molecule has 196 valence electrons. The number of piperidine rings is 1. The van der Waals surface area contributed by atoms with Crippen molar-refractivity contribution >= 4 is 34.0 Å². The number of nitrogens with zero attached hydrogens (tertiary/aromatic N) is 3. The summed E-state index contributed by atoms with van der Waals surface area (Å²) in [6.07, 6.45) is 0.0590. The molecule has 3 heterocycles. The zero-order valence-electron chi connectivity index (χ0n) is 20.2. The number of fused-ring (bicyclic) bond motifs is 1. The zero-order chi connectivity index (χ0) is 25.5. The van der Waals surface area contributed by atoms with Gasteiger partial charge in [-0.2, -0.15) is 13.2 Å². The summed E-state index contributed by atoms with van der Waals surface area (Å²) >= 11 is 6.41. The smallest absolute Gasteiger partial charge is 0.369 e. The van der Waals surface area contributed by atoms with E-state index < -0.39 is 17.5 Å². The Morgan fingerprint density at radius 1 is 1.00 bits per heavy atom. The van der Waals surface area contributed by atoms with Crippen LogP contribution in [0.4, 0.5) is 18.9 Å². The van der Waals surface area contributed by atoms with Gasteiger partial charge in [0, 0.05) is 57.2 Å². The van der Waals surface area contributed by atoms with E-state index >= 15 is 0 Å². The SMILES string of the molecule is O=C(N1CCC(N2CCN(c3cc(Cl)c4c(=O)[nH]ccc4c3)CC2)CC1)C1(C(F)(F)F)CCCCC1. The molecule has 0 spiro atoms. The molecule has 1 amide bonds. The van der Waals surface area contributed by atoms with Crippen LogP contribution >= 0.6 is 11.6 Å². The minimum absolute atomic E-state index is 0.0790. The number of amides is 1. The van der Waals surface area contributed by atoms with E-state index in [2.05, 4.69) is 14.8 Å². The number of aromatic amines is 1. The molecule has 0 bridgehead atoms. The first kappa shape index (κ1) is 25.4. The van der Waals surface area contributed by atoms with Gasteiger partial charge in [-0.1, -0.05) is 30.9 Å². The largest absolute Gasteiger partial charge is 0.403 e. The van der Waals surface area contributed by atoms with Crippen molar-refractivity contribution in [1.29, 1.82) is 0 Å². The second-order valence-corrected chi connectivity index (χ2v) is 10.8. The van der Waals surface area contributed by atoms with Crippen LogP contribution in [0.25, 0.3) is 10.8 Å². The van der Waals surface area contributed by atoms with Crippen molar-refractivity contribution in [2.45, 2.75) is 57.2 Å². The van der Waals surface area contributed by atoms with Gasteiger partial charge in [-0.15, -0.1) is 0 Å². The molecule has 1 N–H and O–H groups in total. The quantitative estimate of drug-likeness (QED) is 0.626. The molecule has 3 aliphatic rings. The molecule has 2 aromatic rings. The van der Waals surface area contributed by atoms with E-state index in [0.717, 1.165) is 43.7 Å². The Morgan fingerprint density at radius 2 is 1.67 bits per heavy atom. The number of pyridine rings is 1. The van der Waals surface area contributed by atoms with Crippen LogP contribution in [0, 0.1) is 5.41 Å². The monoisotopic (exact) mass is 524 g/mol. The summed E-state index contributed by atoms with van der Waals surface area (Å²) < 4.78 is 42.0. The van der Waals surface area contributed by atoms with Crippen LogP contribution in [-0.4, -0.2) is 72.2 Å². The van der Waals surface area contributed by atoms with Crippen LogP contribution in [0.15, 0.2) is 29.2 Å². The molecule has 2 aliphatic heterocycles. The van der Waals surface area contributed by atoms with Crippen LogP contribution < -0.4 is 10.5 Å². The molecule has 3 fully saturated rings. The average molecular weight is 525 g/mol. The fourth-order valence-corrected chi connectivity index (χ4v) is 6.61. The van der Waals surface area contributed by atoms with Crippen molar-refractivity contribution in [2.24, 2.45) is 5.41 Å². The summed E-state index contributed by atoms with van der Waals surface area (Å²) in [4.78, 5) is 34.0. The maximum Gasteiger partial charge on any atom is 0.403 e. The number of hydrogen-bond acceptors (Lipinski definition) is 4. The number of anilines is 1. The van der Waals surface area contributed by atoms with E-state index in [1.54, 1.807) is 6.20 Å². The number of halogens is 4. The number of H-pyrrole nitrogens is 1. The predicted octanol–water partition coefficient (Wildman–Crippen LogP) is 4.81. The first-order valence-electron chi connectivity index (χ1n) is 12.9.